The number of rotatable bonds is 3. The third kappa shape index (κ3) is 2.96. The van der Waals surface area contributed by atoms with Gasteiger partial charge in [0.15, 0.2) is 5.82 Å². The first-order chi connectivity index (χ1) is 9.02. The van der Waals surface area contributed by atoms with Gasteiger partial charge in [-0.3, -0.25) is 4.79 Å². The van der Waals surface area contributed by atoms with E-state index in [4.69, 9.17) is 4.74 Å². The van der Waals surface area contributed by atoms with Gasteiger partial charge in [0.1, 0.15) is 0 Å². The first kappa shape index (κ1) is 14.0. The monoisotopic (exact) mass is 267 g/mol. The van der Waals surface area contributed by atoms with Crippen LogP contribution in [0.2, 0.25) is 0 Å². The predicted octanol–water partition coefficient (Wildman–Crippen LogP) is 0.410. The van der Waals surface area contributed by atoms with Crippen LogP contribution in [0.15, 0.2) is 17.2 Å². The Morgan fingerprint density at radius 2 is 2.26 bits per heavy atom. The maximum atomic E-state index is 12.4. The number of hydrogen-bond donors (Lipinski definition) is 1. The first-order valence-corrected chi connectivity index (χ1v) is 6.61. The van der Waals surface area contributed by atoms with E-state index in [1.807, 2.05) is 25.7 Å². The summed E-state index contributed by atoms with van der Waals surface area (Å²) >= 11 is 0. The van der Waals surface area contributed by atoms with E-state index in [9.17, 15) is 9.90 Å². The van der Waals surface area contributed by atoms with Gasteiger partial charge < -0.3 is 19.3 Å². The lowest BCUT2D eigenvalue weighted by molar-refractivity contribution is -0.0423. The standard InChI is InChI=1S/C13H21N3O3/c1-9(2)16-5-4-14-12(13(16)18)15-6-10(3)19-11(7-15)8-17/h4-5,9-11,17H,6-8H2,1-3H3. The molecule has 106 valence electrons. The van der Waals surface area contributed by atoms with Crippen molar-refractivity contribution in [3.05, 3.63) is 22.7 Å². The third-order valence-electron chi connectivity index (χ3n) is 3.24. The highest BCUT2D eigenvalue weighted by atomic mass is 16.5. The lowest BCUT2D eigenvalue weighted by Crippen LogP contribution is -2.50. The summed E-state index contributed by atoms with van der Waals surface area (Å²) in [6.45, 7) is 6.91. The van der Waals surface area contributed by atoms with E-state index in [1.54, 1.807) is 17.0 Å². The number of anilines is 1. The molecule has 1 aliphatic rings. The van der Waals surface area contributed by atoms with Crippen LogP contribution in [-0.2, 0) is 4.74 Å². The molecule has 2 atom stereocenters. The molecule has 0 aliphatic carbocycles. The van der Waals surface area contributed by atoms with Crippen LogP contribution in [0.25, 0.3) is 0 Å². The van der Waals surface area contributed by atoms with Gasteiger partial charge in [0.2, 0.25) is 0 Å². The lowest BCUT2D eigenvalue weighted by Gasteiger charge is -2.36. The summed E-state index contributed by atoms with van der Waals surface area (Å²) in [5, 5.41) is 9.23. The van der Waals surface area contributed by atoms with Crippen LogP contribution >= 0.6 is 0 Å². The van der Waals surface area contributed by atoms with E-state index < -0.39 is 0 Å². The van der Waals surface area contributed by atoms with Crippen molar-refractivity contribution < 1.29 is 9.84 Å². The highest BCUT2D eigenvalue weighted by molar-refractivity contribution is 5.36. The first-order valence-electron chi connectivity index (χ1n) is 6.61. The maximum Gasteiger partial charge on any atom is 0.293 e. The molecule has 0 amide bonds. The van der Waals surface area contributed by atoms with Crippen molar-refractivity contribution in [2.24, 2.45) is 0 Å². The molecule has 2 heterocycles. The molecule has 0 radical (unpaired) electrons. The largest absolute Gasteiger partial charge is 0.394 e. The molecule has 1 aliphatic heterocycles. The molecule has 1 aromatic heterocycles. The number of nitrogens with zero attached hydrogens (tertiary/aromatic N) is 3. The maximum absolute atomic E-state index is 12.4. The lowest BCUT2D eigenvalue weighted by atomic mass is 10.2. The molecule has 2 unspecified atom stereocenters. The zero-order valence-corrected chi connectivity index (χ0v) is 11.6. The van der Waals surface area contributed by atoms with Crippen LogP contribution in [0, 0.1) is 0 Å². The molecular formula is C13H21N3O3. The highest BCUT2D eigenvalue weighted by Gasteiger charge is 2.27. The molecule has 1 aromatic rings. The Hall–Kier alpha value is -1.40. The van der Waals surface area contributed by atoms with Gasteiger partial charge in [0.05, 0.1) is 18.8 Å². The summed E-state index contributed by atoms with van der Waals surface area (Å²) in [5.74, 6) is 0.435. The van der Waals surface area contributed by atoms with E-state index in [1.165, 1.54) is 0 Å². The Bertz CT molecular complexity index is 486. The fraction of sp³-hybridized carbons (Fsp3) is 0.692. The van der Waals surface area contributed by atoms with Crippen molar-refractivity contribution in [1.29, 1.82) is 0 Å². The van der Waals surface area contributed by atoms with Crippen molar-refractivity contribution in [2.45, 2.75) is 39.0 Å². The van der Waals surface area contributed by atoms with Crippen molar-refractivity contribution in [3.63, 3.8) is 0 Å². The highest BCUT2D eigenvalue weighted by Crippen LogP contribution is 2.15. The van der Waals surface area contributed by atoms with Crippen molar-refractivity contribution in [2.75, 3.05) is 24.6 Å². The molecule has 0 spiro atoms. The Morgan fingerprint density at radius 1 is 1.53 bits per heavy atom. The van der Waals surface area contributed by atoms with E-state index >= 15 is 0 Å². The molecule has 2 rings (SSSR count). The fourth-order valence-electron chi connectivity index (χ4n) is 2.36. The minimum atomic E-state index is -0.266. The molecule has 19 heavy (non-hydrogen) atoms. The van der Waals surface area contributed by atoms with Gasteiger partial charge in [-0.15, -0.1) is 0 Å². The molecule has 1 N–H and O–H groups in total. The third-order valence-corrected chi connectivity index (χ3v) is 3.24. The van der Waals surface area contributed by atoms with Crippen molar-refractivity contribution >= 4 is 5.82 Å². The molecule has 1 fully saturated rings. The number of aromatic nitrogens is 2. The topological polar surface area (TPSA) is 67.6 Å². The zero-order chi connectivity index (χ0) is 14.0. The van der Waals surface area contributed by atoms with Crippen LogP contribution in [0.3, 0.4) is 0 Å². The van der Waals surface area contributed by atoms with Crippen molar-refractivity contribution in [3.8, 4) is 0 Å². The summed E-state index contributed by atoms with van der Waals surface area (Å²) < 4.78 is 7.24. The summed E-state index contributed by atoms with van der Waals surface area (Å²) in [7, 11) is 0. The molecule has 6 nitrogen and oxygen atoms in total. The van der Waals surface area contributed by atoms with Crippen LogP contribution in [0.5, 0.6) is 0 Å². The van der Waals surface area contributed by atoms with Crippen LogP contribution < -0.4 is 10.5 Å². The predicted molar refractivity (Wildman–Crippen MR) is 72.5 cm³/mol. The zero-order valence-electron chi connectivity index (χ0n) is 11.6. The SMILES string of the molecule is CC1CN(c2nccn(C(C)C)c2=O)CC(CO)O1. The number of morpholine rings is 1. The van der Waals surface area contributed by atoms with E-state index in [0.29, 0.717) is 18.9 Å². The van der Waals surface area contributed by atoms with E-state index in [0.717, 1.165) is 0 Å². The average Bonchev–Trinajstić information content (AvgIpc) is 2.37. The second kappa shape index (κ2) is 5.71. The summed E-state index contributed by atoms with van der Waals surface area (Å²) in [6, 6.07) is 0.0985. The smallest absolute Gasteiger partial charge is 0.293 e. The minimum absolute atomic E-state index is 0.0280. The molecule has 0 bridgehead atoms. The van der Waals surface area contributed by atoms with Gasteiger partial charge in [-0.2, -0.15) is 0 Å². The molecule has 6 heteroatoms. The van der Waals surface area contributed by atoms with E-state index in [-0.39, 0.29) is 30.4 Å². The molecule has 0 saturated carbocycles. The second-order valence-corrected chi connectivity index (χ2v) is 5.21. The van der Waals surface area contributed by atoms with Gasteiger partial charge in [0, 0.05) is 31.5 Å². The van der Waals surface area contributed by atoms with Crippen LogP contribution in [-0.4, -0.2) is 46.6 Å². The molecular weight excluding hydrogens is 246 g/mol. The summed E-state index contributed by atoms with van der Waals surface area (Å²) in [6.07, 6.45) is 3.05. The van der Waals surface area contributed by atoms with Crippen LogP contribution in [0.1, 0.15) is 26.8 Å². The fourth-order valence-corrected chi connectivity index (χ4v) is 2.36. The Balaban J connectivity index is 2.31. The quantitative estimate of drug-likeness (QED) is 0.859. The minimum Gasteiger partial charge on any atom is -0.394 e. The normalized spacial score (nSPS) is 23.9. The number of hydrogen-bond acceptors (Lipinski definition) is 5. The Morgan fingerprint density at radius 3 is 2.89 bits per heavy atom. The van der Waals surface area contributed by atoms with Gasteiger partial charge in [-0.1, -0.05) is 0 Å². The molecule has 0 aromatic carbocycles. The molecule has 1 saturated heterocycles. The number of aliphatic hydroxyl groups is 1. The number of ether oxygens (including phenoxy) is 1. The van der Waals surface area contributed by atoms with Crippen molar-refractivity contribution in [1.82, 2.24) is 9.55 Å². The van der Waals surface area contributed by atoms with Gasteiger partial charge >= 0.3 is 0 Å². The van der Waals surface area contributed by atoms with Gasteiger partial charge in [-0.25, -0.2) is 4.98 Å². The summed E-state index contributed by atoms with van der Waals surface area (Å²) in [4.78, 5) is 18.5. The van der Waals surface area contributed by atoms with Gasteiger partial charge in [0.25, 0.3) is 5.56 Å². The average molecular weight is 267 g/mol. The van der Waals surface area contributed by atoms with E-state index in [2.05, 4.69) is 4.98 Å². The van der Waals surface area contributed by atoms with Gasteiger partial charge in [-0.05, 0) is 20.8 Å². The Kier molecular flexibility index (Phi) is 4.21. The summed E-state index contributed by atoms with van der Waals surface area (Å²) in [5.41, 5.74) is -0.0942. The number of aliphatic hydroxyl groups excluding tert-OH is 1. The van der Waals surface area contributed by atoms with Crippen LogP contribution in [0.4, 0.5) is 5.82 Å². The second-order valence-electron chi connectivity index (χ2n) is 5.21. The Labute approximate surface area is 112 Å².